The molecule has 0 radical (unpaired) electrons. The summed E-state index contributed by atoms with van der Waals surface area (Å²) in [5.41, 5.74) is 3.15. The molecule has 2 heterocycles. The van der Waals surface area contributed by atoms with Crippen molar-refractivity contribution in [3.8, 4) is 11.3 Å². The monoisotopic (exact) mass is 347 g/mol. The minimum absolute atomic E-state index is 0.316. The van der Waals surface area contributed by atoms with E-state index in [9.17, 15) is 0 Å². The van der Waals surface area contributed by atoms with E-state index in [4.69, 9.17) is 0 Å². The van der Waals surface area contributed by atoms with Crippen molar-refractivity contribution in [1.82, 2.24) is 15.0 Å². The third-order valence-electron chi connectivity index (χ3n) is 4.23. The highest BCUT2D eigenvalue weighted by Gasteiger charge is 2.09. The van der Waals surface area contributed by atoms with E-state index in [1.54, 1.807) is 6.20 Å². The molecule has 0 bridgehead atoms. The first-order valence-electron chi connectivity index (χ1n) is 9.08. The zero-order valence-corrected chi connectivity index (χ0v) is 15.3. The Balaban J connectivity index is 1.77. The van der Waals surface area contributed by atoms with E-state index in [1.807, 2.05) is 30.5 Å². The molecule has 0 aliphatic heterocycles. The van der Waals surface area contributed by atoms with Crippen LogP contribution in [0.5, 0.6) is 0 Å². The quantitative estimate of drug-likeness (QED) is 0.632. The zero-order valence-electron chi connectivity index (χ0n) is 15.3. The van der Waals surface area contributed by atoms with Gasteiger partial charge in [-0.3, -0.25) is 4.98 Å². The lowest BCUT2D eigenvalue weighted by Crippen LogP contribution is -2.17. The maximum absolute atomic E-state index is 4.66. The molecule has 0 saturated heterocycles. The van der Waals surface area contributed by atoms with E-state index in [0.717, 1.165) is 36.5 Å². The molecule has 3 rings (SSSR count). The van der Waals surface area contributed by atoms with E-state index in [1.165, 1.54) is 5.56 Å². The molecule has 0 fully saturated rings. The van der Waals surface area contributed by atoms with Gasteiger partial charge in [-0.05, 0) is 37.5 Å². The molecule has 5 heteroatoms. The number of rotatable bonds is 8. The Hall–Kier alpha value is -2.95. The van der Waals surface area contributed by atoms with Gasteiger partial charge in [-0.15, -0.1) is 0 Å². The lowest BCUT2D eigenvalue weighted by Gasteiger charge is -2.14. The zero-order chi connectivity index (χ0) is 18.2. The van der Waals surface area contributed by atoms with Gasteiger partial charge in [0, 0.05) is 36.6 Å². The molecule has 134 valence electrons. The molecule has 2 N–H and O–H groups in total. The molecule has 0 amide bonds. The summed E-state index contributed by atoms with van der Waals surface area (Å²) in [7, 11) is 0. The van der Waals surface area contributed by atoms with Crippen LogP contribution in [0.15, 0.2) is 60.9 Å². The maximum atomic E-state index is 4.66. The van der Waals surface area contributed by atoms with Crippen LogP contribution in [0.3, 0.4) is 0 Å². The number of hydrogen-bond donors (Lipinski definition) is 2. The second-order valence-corrected chi connectivity index (χ2v) is 6.32. The Morgan fingerprint density at radius 2 is 1.88 bits per heavy atom. The average molecular weight is 347 g/mol. The Morgan fingerprint density at radius 3 is 2.62 bits per heavy atom. The van der Waals surface area contributed by atoms with Crippen LogP contribution in [-0.4, -0.2) is 27.5 Å². The van der Waals surface area contributed by atoms with Gasteiger partial charge in [-0.25, -0.2) is 4.98 Å². The highest BCUT2D eigenvalue weighted by atomic mass is 15.2. The van der Waals surface area contributed by atoms with Gasteiger partial charge < -0.3 is 10.6 Å². The summed E-state index contributed by atoms with van der Waals surface area (Å²) >= 11 is 0. The fourth-order valence-corrected chi connectivity index (χ4v) is 2.57. The summed E-state index contributed by atoms with van der Waals surface area (Å²) < 4.78 is 0. The smallest absolute Gasteiger partial charge is 0.225 e. The number of anilines is 2. The van der Waals surface area contributed by atoms with E-state index in [-0.39, 0.29) is 0 Å². The summed E-state index contributed by atoms with van der Waals surface area (Å²) in [5, 5.41) is 6.79. The molecule has 0 aliphatic carbocycles. The first-order chi connectivity index (χ1) is 12.7. The Bertz CT molecular complexity index is 805. The van der Waals surface area contributed by atoms with Crippen molar-refractivity contribution >= 4 is 11.8 Å². The van der Waals surface area contributed by atoms with Gasteiger partial charge in [0.05, 0.1) is 5.69 Å². The number of hydrogen-bond acceptors (Lipinski definition) is 5. The third-order valence-corrected chi connectivity index (χ3v) is 4.23. The molecule has 1 aromatic carbocycles. The van der Waals surface area contributed by atoms with Crippen molar-refractivity contribution in [3.63, 3.8) is 0 Å². The molecule has 0 aliphatic rings. The van der Waals surface area contributed by atoms with Crippen molar-refractivity contribution in [2.45, 2.75) is 32.7 Å². The third kappa shape index (κ3) is 5.02. The lowest BCUT2D eigenvalue weighted by molar-refractivity contribution is 0.753. The standard InChI is InChI=1S/C21H25N5/c1-3-16(2)24-21-25-19(18-10-7-12-22-15-18)14-20(26-21)23-13-11-17-8-5-4-6-9-17/h4-10,12,14-16H,3,11,13H2,1-2H3,(H2,23,24,25,26)/t16-/m1/s1. The molecule has 0 unspecified atom stereocenters. The minimum Gasteiger partial charge on any atom is -0.370 e. The number of benzene rings is 1. The van der Waals surface area contributed by atoms with Crippen LogP contribution in [0.25, 0.3) is 11.3 Å². The average Bonchev–Trinajstić information content (AvgIpc) is 2.69. The van der Waals surface area contributed by atoms with Gasteiger partial charge in [0.2, 0.25) is 5.95 Å². The predicted octanol–water partition coefficient (Wildman–Crippen LogP) is 4.40. The largest absolute Gasteiger partial charge is 0.370 e. The van der Waals surface area contributed by atoms with Crippen molar-refractivity contribution in [2.24, 2.45) is 0 Å². The molecular weight excluding hydrogens is 322 g/mol. The number of nitrogens with zero attached hydrogens (tertiary/aromatic N) is 3. The molecule has 5 nitrogen and oxygen atoms in total. The van der Waals surface area contributed by atoms with E-state index in [0.29, 0.717) is 12.0 Å². The highest BCUT2D eigenvalue weighted by Crippen LogP contribution is 2.21. The normalized spacial score (nSPS) is 11.8. The summed E-state index contributed by atoms with van der Waals surface area (Å²) in [6.45, 7) is 5.08. The number of nitrogens with one attached hydrogen (secondary N) is 2. The Labute approximate surface area is 154 Å². The van der Waals surface area contributed by atoms with Crippen LogP contribution in [0.1, 0.15) is 25.8 Å². The van der Waals surface area contributed by atoms with Crippen LogP contribution < -0.4 is 10.6 Å². The van der Waals surface area contributed by atoms with E-state index < -0.39 is 0 Å². The second kappa shape index (κ2) is 8.94. The van der Waals surface area contributed by atoms with E-state index >= 15 is 0 Å². The summed E-state index contributed by atoms with van der Waals surface area (Å²) in [6.07, 6.45) is 5.55. The van der Waals surface area contributed by atoms with Gasteiger partial charge in [0.25, 0.3) is 0 Å². The highest BCUT2D eigenvalue weighted by molar-refractivity contribution is 5.63. The molecule has 0 spiro atoms. The molecular formula is C21H25N5. The van der Waals surface area contributed by atoms with Crippen molar-refractivity contribution in [3.05, 3.63) is 66.5 Å². The topological polar surface area (TPSA) is 62.7 Å². The predicted molar refractivity (Wildman–Crippen MR) is 107 cm³/mol. The molecule has 0 saturated carbocycles. The number of aromatic nitrogens is 3. The second-order valence-electron chi connectivity index (χ2n) is 6.32. The Morgan fingerprint density at radius 1 is 1.04 bits per heavy atom. The van der Waals surface area contributed by atoms with Crippen molar-refractivity contribution in [1.29, 1.82) is 0 Å². The van der Waals surface area contributed by atoms with Gasteiger partial charge in [0.1, 0.15) is 5.82 Å². The van der Waals surface area contributed by atoms with Crippen LogP contribution in [0.2, 0.25) is 0 Å². The van der Waals surface area contributed by atoms with E-state index in [2.05, 4.69) is 63.7 Å². The van der Waals surface area contributed by atoms with Crippen LogP contribution in [0, 0.1) is 0 Å². The fourth-order valence-electron chi connectivity index (χ4n) is 2.57. The summed E-state index contributed by atoms with van der Waals surface area (Å²) in [5.74, 6) is 1.46. The van der Waals surface area contributed by atoms with Crippen molar-refractivity contribution in [2.75, 3.05) is 17.2 Å². The number of pyridine rings is 1. The fraction of sp³-hybridized carbons (Fsp3) is 0.286. The molecule has 26 heavy (non-hydrogen) atoms. The lowest BCUT2D eigenvalue weighted by atomic mass is 10.1. The molecule has 1 atom stereocenters. The van der Waals surface area contributed by atoms with Gasteiger partial charge in [0.15, 0.2) is 0 Å². The first kappa shape index (κ1) is 17.9. The maximum Gasteiger partial charge on any atom is 0.225 e. The molecule has 3 aromatic rings. The summed E-state index contributed by atoms with van der Waals surface area (Å²) in [4.78, 5) is 13.5. The van der Waals surface area contributed by atoms with Gasteiger partial charge in [-0.1, -0.05) is 37.3 Å². The van der Waals surface area contributed by atoms with Crippen molar-refractivity contribution < 1.29 is 0 Å². The first-order valence-corrected chi connectivity index (χ1v) is 9.08. The van der Waals surface area contributed by atoms with Gasteiger partial charge in [-0.2, -0.15) is 4.98 Å². The van der Waals surface area contributed by atoms with Gasteiger partial charge >= 0.3 is 0 Å². The Kier molecular flexibility index (Phi) is 6.14. The van der Waals surface area contributed by atoms with Crippen LogP contribution in [-0.2, 0) is 6.42 Å². The molecule has 2 aromatic heterocycles. The minimum atomic E-state index is 0.316. The SMILES string of the molecule is CC[C@@H](C)Nc1nc(NCCc2ccccc2)cc(-c2cccnc2)n1. The summed E-state index contributed by atoms with van der Waals surface area (Å²) in [6, 6.07) is 16.7. The van der Waals surface area contributed by atoms with Crippen LogP contribution >= 0.6 is 0 Å². The van der Waals surface area contributed by atoms with Crippen LogP contribution in [0.4, 0.5) is 11.8 Å².